The van der Waals surface area contributed by atoms with Crippen molar-refractivity contribution in [2.24, 2.45) is 0 Å². The van der Waals surface area contributed by atoms with Gasteiger partial charge in [0.05, 0.1) is 6.61 Å². The molecule has 0 aliphatic carbocycles. The van der Waals surface area contributed by atoms with Gasteiger partial charge in [0.2, 0.25) is 0 Å². The fourth-order valence-corrected chi connectivity index (χ4v) is 3.75. The lowest BCUT2D eigenvalue weighted by molar-refractivity contribution is 0.154. The van der Waals surface area contributed by atoms with E-state index in [4.69, 9.17) is 9.26 Å². The minimum absolute atomic E-state index is 0.0228. The molecule has 2 rings (SSSR count). The average Bonchev–Trinajstić information content (AvgIpc) is 2.48. The van der Waals surface area contributed by atoms with Gasteiger partial charge < -0.3 is 9.26 Å². The van der Waals surface area contributed by atoms with E-state index in [9.17, 15) is 4.57 Å². The van der Waals surface area contributed by atoms with E-state index < -0.39 is 7.52 Å². The van der Waals surface area contributed by atoms with Gasteiger partial charge in [0, 0.05) is 6.04 Å². The molecule has 118 valence electrons. The third-order valence-electron chi connectivity index (χ3n) is 2.82. The molecule has 0 aromatic heterocycles. The fourth-order valence-electron chi connectivity index (χ4n) is 1.99. The Morgan fingerprint density at radius 1 is 1.00 bits per heavy atom. The predicted molar refractivity (Wildman–Crippen MR) is 89.0 cm³/mol. The third kappa shape index (κ3) is 5.64. The molecule has 0 saturated heterocycles. The fraction of sp³-hybridized carbons (Fsp3) is 0.294. The zero-order valence-corrected chi connectivity index (χ0v) is 13.8. The summed E-state index contributed by atoms with van der Waals surface area (Å²) in [5.74, 6) is 0.572. The monoisotopic (exact) mass is 319 g/mol. The molecule has 0 aliphatic rings. The summed E-state index contributed by atoms with van der Waals surface area (Å²) in [5, 5.41) is 3.00. The van der Waals surface area contributed by atoms with Crippen molar-refractivity contribution in [2.75, 3.05) is 6.35 Å². The molecule has 22 heavy (non-hydrogen) atoms. The molecule has 0 amide bonds. The SMILES string of the molecule is CC(C)N[P@](=O)(COCc1ccccc1)Oc1ccccc1. The number of hydrogen-bond acceptors (Lipinski definition) is 3. The zero-order chi connectivity index (χ0) is 15.8. The van der Waals surface area contributed by atoms with Crippen molar-refractivity contribution in [1.82, 2.24) is 5.09 Å². The van der Waals surface area contributed by atoms with Crippen molar-refractivity contribution in [2.45, 2.75) is 26.5 Å². The van der Waals surface area contributed by atoms with Gasteiger partial charge in [-0.25, -0.2) is 5.09 Å². The van der Waals surface area contributed by atoms with Gasteiger partial charge >= 0.3 is 7.52 Å². The smallest absolute Gasteiger partial charge is 0.342 e. The van der Waals surface area contributed by atoms with Gasteiger partial charge in [0.15, 0.2) is 0 Å². The Morgan fingerprint density at radius 3 is 2.18 bits per heavy atom. The Labute approximate surface area is 132 Å². The molecule has 0 spiro atoms. The van der Waals surface area contributed by atoms with Crippen molar-refractivity contribution in [1.29, 1.82) is 0 Å². The van der Waals surface area contributed by atoms with Crippen molar-refractivity contribution < 1.29 is 13.8 Å². The maximum atomic E-state index is 12.9. The second kappa shape index (κ2) is 8.14. The van der Waals surface area contributed by atoms with Crippen molar-refractivity contribution in [3.05, 3.63) is 66.2 Å². The lowest BCUT2D eigenvalue weighted by atomic mass is 10.2. The normalized spacial score (nSPS) is 13.8. The Balaban J connectivity index is 1.97. The van der Waals surface area contributed by atoms with E-state index in [0.29, 0.717) is 12.4 Å². The van der Waals surface area contributed by atoms with E-state index in [0.717, 1.165) is 5.56 Å². The first-order valence-corrected chi connectivity index (χ1v) is 9.11. The molecule has 0 heterocycles. The highest BCUT2D eigenvalue weighted by Gasteiger charge is 2.26. The van der Waals surface area contributed by atoms with Crippen LogP contribution < -0.4 is 9.61 Å². The summed E-state index contributed by atoms with van der Waals surface area (Å²) in [6.07, 6.45) is 0.0228. The molecule has 0 fully saturated rings. The summed E-state index contributed by atoms with van der Waals surface area (Å²) in [5.41, 5.74) is 1.04. The summed E-state index contributed by atoms with van der Waals surface area (Å²) in [6.45, 7) is 4.26. The summed E-state index contributed by atoms with van der Waals surface area (Å²) in [4.78, 5) is 0. The quantitative estimate of drug-likeness (QED) is 0.731. The van der Waals surface area contributed by atoms with E-state index in [2.05, 4.69) is 5.09 Å². The number of rotatable bonds is 8. The minimum atomic E-state index is -3.11. The lowest BCUT2D eigenvalue weighted by Crippen LogP contribution is -2.24. The highest BCUT2D eigenvalue weighted by atomic mass is 31.2. The highest BCUT2D eigenvalue weighted by molar-refractivity contribution is 7.57. The molecule has 2 aromatic rings. The molecule has 0 saturated carbocycles. The number of hydrogen-bond donors (Lipinski definition) is 1. The maximum Gasteiger partial charge on any atom is 0.342 e. The Bertz CT molecular complexity index is 602. The highest BCUT2D eigenvalue weighted by Crippen LogP contribution is 2.43. The maximum absolute atomic E-state index is 12.9. The Kier molecular flexibility index (Phi) is 6.20. The Hall–Kier alpha value is -1.61. The standard InChI is InChI=1S/C17H22NO3P/c1-15(2)18-22(19,21-17-11-7-4-8-12-17)14-20-13-16-9-5-3-6-10-16/h3-12,15H,13-14H2,1-2H3,(H,18,19)/t22-/m0/s1. The molecule has 1 atom stereocenters. The number of benzene rings is 2. The lowest BCUT2D eigenvalue weighted by Gasteiger charge is -2.22. The first-order chi connectivity index (χ1) is 10.6. The van der Waals surface area contributed by atoms with Crippen LogP contribution in [-0.4, -0.2) is 12.4 Å². The van der Waals surface area contributed by atoms with Crippen LogP contribution in [0.5, 0.6) is 5.75 Å². The van der Waals surface area contributed by atoms with E-state index >= 15 is 0 Å². The Morgan fingerprint density at radius 2 is 1.59 bits per heavy atom. The molecule has 0 radical (unpaired) electrons. The molecule has 0 unspecified atom stereocenters. The van der Waals surface area contributed by atoms with Crippen LogP contribution in [0.2, 0.25) is 0 Å². The van der Waals surface area contributed by atoms with Crippen LogP contribution in [0.4, 0.5) is 0 Å². The summed E-state index contributed by atoms with van der Waals surface area (Å²) >= 11 is 0. The van der Waals surface area contributed by atoms with E-state index in [-0.39, 0.29) is 12.4 Å². The van der Waals surface area contributed by atoms with E-state index in [1.165, 1.54) is 0 Å². The van der Waals surface area contributed by atoms with E-state index in [1.807, 2.05) is 62.4 Å². The van der Waals surface area contributed by atoms with Crippen LogP contribution >= 0.6 is 7.52 Å². The molecular weight excluding hydrogens is 297 g/mol. The zero-order valence-electron chi connectivity index (χ0n) is 12.9. The van der Waals surface area contributed by atoms with Crippen LogP contribution in [0.25, 0.3) is 0 Å². The third-order valence-corrected chi connectivity index (χ3v) is 4.76. The minimum Gasteiger partial charge on any atom is -0.431 e. The van der Waals surface area contributed by atoms with Crippen LogP contribution in [0.3, 0.4) is 0 Å². The number of nitrogens with one attached hydrogen (secondary N) is 1. The van der Waals surface area contributed by atoms with Gasteiger partial charge in [0.1, 0.15) is 12.1 Å². The van der Waals surface area contributed by atoms with Crippen molar-refractivity contribution in [3.63, 3.8) is 0 Å². The van der Waals surface area contributed by atoms with Crippen molar-refractivity contribution in [3.8, 4) is 5.75 Å². The average molecular weight is 319 g/mol. The van der Waals surface area contributed by atoms with Gasteiger partial charge in [-0.15, -0.1) is 0 Å². The van der Waals surface area contributed by atoms with Gasteiger partial charge in [0.25, 0.3) is 0 Å². The van der Waals surface area contributed by atoms with Gasteiger partial charge in [-0.2, -0.15) is 0 Å². The molecule has 0 bridgehead atoms. The first-order valence-electron chi connectivity index (χ1n) is 7.30. The van der Waals surface area contributed by atoms with Gasteiger partial charge in [-0.3, -0.25) is 4.57 Å². The van der Waals surface area contributed by atoms with Crippen LogP contribution in [0.15, 0.2) is 60.7 Å². The van der Waals surface area contributed by atoms with Crippen LogP contribution in [0, 0.1) is 0 Å². The molecule has 0 aliphatic heterocycles. The first kappa shape index (κ1) is 16.8. The second-order valence-corrected chi connectivity index (χ2v) is 7.37. The largest absolute Gasteiger partial charge is 0.431 e. The predicted octanol–water partition coefficient (Wildman–Crippen LogP) is 4.43. The summed E-state index contributed by atoms with van der Waals surface area (Å²) in [6, 6.07) is 19.0. The van der Waals surface area contributed by atoms with Gasteiger partial charge in [-0.1, -0.05) is 48.5 Å². The number of ether oxygens (including phenoxy) is 1. The molecular formula is C17H22NO3P. The summed E-state index contributed by atoms with van der Waals surface area (Å²) in [7, 11) is -3.11. The topological polar surface area (TPSA) is 47.6 Å². The van der Waals surface area contributed by atoms with Crippen LogP contribution in [0.1, 0.15) is 19.4 Å². The summed E-state index contributed by atoms with van der Waals surface area (Å²) < 4.78 is 24.2. The molecule has 2 aromatic carbocycles. The number of para-hydroxylation sites is 1. The van der Waals surface area contributed by atoms with Crippen LogP contribution in [-0.2, 0) is 15.9 Å². The van der Waals surface area contributed by atoms with E-state index in [1.54, 1.807) is 12.1 Å². The van der Waals surface area contributed by atoms with Crippen molar-refractivity contribution >= 4 is 7.52 Å². The van der Waals surface area contributed by atoms with Gasteiger partial charge in [-0.05, 0) is 31.5 Å². The molecule has 4 nitrogen and oxygen atoms in total. The molecule has 5 heteroatoms. The second-order valence-electron chi connectivity index (χ2n) is 5.32. The molecule has 1 N–H and O–H groups in total.